The lowest BCUT2D eigenvalue weighted by Crippen LogP contribution is -2.48. The van der Waals surface area contributed by atoms with Crippen LogP contribution in [0.2, 0.25) is 0 Å². The highest BCUT2D eigenvalue weighted by molar-refractivity contribution is 5.92. The number of carbonyl (C=O) groups excluding carboxylic acids is 2. The minimum atomic E-state index is -0.332. The molecule has 1 atom stereocenters. The Labute approximate surface area is 129 Å². The summed E-state index contributed by atoms with van der Waals surface area (Å²) in [5.74, 6) is 0.255. The first-order valence-corrected chi connectivity index (χ1v) is 7.62. The molecule has 2 aliphatic rings. The van der Waals surface area contributed by atoms with E-state index in [1.807, 2.05) is 6.92 Å². The number of nitrogens with zero attached hydrogens (tertiary/aromatic N) is 1. The second kappa shape index (κ2) is 6.39. The number of likely N-dealkylation sites (tertiary alicyclic amines) is 1. The number of hydrogen-bond donors (Lipinski definition) is 2. The van der Waals surface area contributed by atoms with Crippen LogP contribution in [0.4, 0.5) is 4.79 Å². The number of alkyl carbamates (subject to hydrolysis) is 1. The molecule has 3 rings (SSSR count). The summed E-state index contributed by atoms with van der Waals surface area (Å²) in [6.45, 7) is 4.89. The summed E-state index contributed by atoms with van der Waals surface area (Å²) in [6.07, 6.45) is 2.99. The Bertz CT molecular complexity index is 549. The van der Waals surface area contributed by atoms with Crippen molar-refractivity contribution in [3.63, 3.8) is 0 Å². The Morgan fingerprint density at radius 2 is 2.23 bits per heavy atom. The number of amides is 2. The fraction of sp³-hybridized carbons (Fsp3) is 0.600. The average molecular weight is 307 g/mol. The Hall–Kier alpha value is -2.02. The smallest absolute Gasteiger partial charge is 0.407 e. The molecule has 2 fully saturated rings. The number of cyclic esters (lactones) is 1. The van der Waals surface area contributed by atoms with Crippen molar-refractivity contribution >= 4 is 12.0 Å². The standard InChI is InChI=1S/C15H21N3O4/c1-10-4-7-21-13(10)14(19)16-11-2-5-18(6-3-11)8-12-9-22-15(20)17-12/h4,7,11-12H,2-3,5-6,8-9H2,1H3,(H,16,19)(H,17,20). The van der Waals surface area contributed by atoms with E-state index in [2.05, 4.69) is 15.5 Å². The first-order chi connectivity index (χ1) is 10.6. The third kappa shape index (κ3) is 3.41. The monoisotopic (exact) mass is 307 g/mol. The zero-order valence-corrected chi connectivity index (χ0v) is 12.6. The Morgan fingerprint density at radius 3 is 2.82 bits per heavy atom. The predicted octanol–water partition coefficient (Wildman–Crippen LogP) is 0.891. The molecule has 0 aliphatic carbocycles. The second-order valence-electron chi connectivity index (χ2n) is 5.92. The van der Waals surface area contributed by atoms with E-state index in [1.54, 1.807) is 6.07 Å². The molecule has 2 N–H and O–H groups in total. The maximum atomic E-state index is 12.1. The molecule has 1 unspecified atom stereocenters. The minimum Gasteiger partial charge on any atom is -0.459 e. The number of hydrogen-bond acceptors (Lipinski definition) is 5. The van der Waals surface area contributed by atoms with E-state index in [1.165, 1.54) is 6.26 Å². The van der Waals surface area contributed by atoms with Crippen molar-refractivity contribution in [1.82, 2.24) is 15.5 Å². The van der Waals surface area contributed by atoms with Crippen LogP contribution in [0.15, 0.2) is 16.7 Å². The van der Waals surface area contributed by atoms with E-state index in [0.717, 1.165) is 38.0 Å². The topological polar surface area (TPSA) is 83.8 Å². The van der Waals surface area contributed by atoms with Crippen LogP contribution in [0, 0.1) is 6.92 Å². The van der Waals surface area contributed by atoms with Crippen LogP contribution < -0.4 is 10.6 Å². The van der Waals surface area contributed by atoms with Crippen molar-refractivity contribution in [2.45, 2.75) is 31.8 Å². The second-order valence-corrected chi connectivity index (χ2v) is 5.92. The molecule has 22 heavy (non-hydrogen) atoms. The minimum absolute atomic E-state index is 0.0735. The van der Waals surface area contributed by atoms with Gasteiger partial charge in [-0.2, -0.15) is 0 Å². The summed E-state index contributed by atoms with van der Waals surface area (Å²) in [7, 11) is 0. The first-order valence-electron chi connectivity index (χ1n) is 7.62. The van der Waals surface area contributed by atoms with Crippen LogP contribution in [0.3, 0.4) is 0 Å². The number of piperidine rings is 1. The maximum absolute atomic E-state index is 12.1. The van der Waals surface area contributed by atoms with Crippen molar-refractivity contribution in [3.8, 4) is 0 Å². The molecule has 2 aliphatic heterocycles. The van der Waals surface area contributed by atoms with Gasteiger partial charge in [0.05, 0.1) is 12.3 Å². The molecule has 0 bridgehead atoms. The number of carbonyl (C=O) groups is 2. The molecular formula is C15H21N3O4. The van der Waals surface area contributed by atoms with Gasteiger partial charge in [0, 0.05) is 31.2 Å². The molecule has 7 nitrogen and oxygen atoms in total. The van der Waals surface area contributed by atoms with Gasteiger partial charge in [0.25, 0.3) is 5.91 Å². The fourth-order valence-corrected chi connectivity index (χ4v) is 2.95. The maximum Gasteiger partial charge on any atom is 0.407 e. The van der Waals surface area contributed by atoms with Gasteiger partial charge in [0.15, 0.2) is 5.76 Å². The van der Waals surface area contributed by atoms with E-state index >= 15 is 0 Å². The van der Waals surface area contributed by atoms with Crippen LogP contribution in [0.1, 0.15) is 29.0 Å². The number of furan rings is 1. The van der Waals surface area contributed by atoms with Gasteiger partial charge in [-0.3, -0.25) is 4.79 Å². The van der Waals surface area contributed by atoms with E-state index in [9.17, 15) is 9.59 Å². The van der Waals surface area contributed by atoms with Gasteiger partial charge in [-0.1, -0.05) is 0 Å². The van der Waals surface area contributed by atoms with Crippen LogP contribution in [-0.2, 0) is 4.74 Å². The first kappa shape index (κ1) is 14.9. The van der Waals surface area contributed by atoms with Crippen LogP contribution in [0.5, 0.6) is 0 Å². The van der Waals surface area contributed by atoms with E-state index < -0.39 is 0 Å². The molecule has 0 saturated carbocycles. The van der Waals surface area contributed by atoms with E-state index in [4.69, 9.17) is 9.15 Å². The molecule has 2 amide bonds. The quantitative estimate of drug-likeness (QED) is 0.863. The van der Waals surface area contributed by atoms with Gasteiger partial charge >= 0.3 is 6.09 Å². The molecule has 7 heteroatoms. The molecular weight excluding hydrogens is 286 g/mol. The Balaban J connectivity index is 1.43. The number of aryl methyl sites for hydroxylation is 1. The Kier molecular flexibility index (Phi) is 4.33. The number of nitrogens with one attached hydrogen (secondary N) is 2. The summed E-state index contributed by atoms with van der Waals surface area (Å²) in [5.41, 5.74) is 0.854. The molecule has 120 valence electrons. The van der Waals surface area contributed by atoms with Crippen molar-refractivity contribution in [3.05, 3.63) is 23.7 Å². The fourth-order valence-electron chi connectivity index (χ4n) is 2.95. The van der Waals surface area contributed by atoms with Crippen molar-refractivity contribution in [2.24, 2.45) is 0 Å². The summed E-state index contributed by atoms with van der Waals surface area (Å²) in [5, 5.41) is 5.81. The zero-order chi connectivity index (χ0) is 15.5. The highest BCUT2D eigenvalue weighted by Crippen LogP contribution is 2.14. The van der Waals surface area contributed by atoms with E-state index in [0.29, 0.717) is 12.4 Å². The summed E-state index contributed by atoms with van der Waals surface area (Å²) in [6, 6.07) is 2.03. The van der Waals surface area contributed by atoms with Crippen LogP contribution in [0.25, 0.3) is 0 Å². The molecule has 3 heterocycles. The molecule has 1 aromatic heterocycles. The average Bonchev–Trinajstić information content (AvgIpc) is 3.10. The summed E-state index contributed by atoms with van der Waals surface area (Å²) >= 11 is 0. The zero-order valence-electron chi connectivity index (χ0n) is 12.6. The third-order valence-corrected chi connectivity index (χ3v) is 4.21. The molecule has 1 aromatic rings. The SMILES string of the molecule is Cc1ccoc1C(=O)NC1CCN(CC2COC(=O)N2)CC1. The van der Waals surface area contributed by atoms with Gasteiger partial charge < -0.3 is 24.7 Å². The molecule has 0 aromatic carbocycles. The van der Waals surface area contributed by atoms with Gasteiger partial charge in [0.2, 0.25) is 0 Å². The molecule has 0 spiro atoms. The van der Waals surface area contributed by atoms with Gasteiger partial charge in [0.1, 0.15) is 6.61 Å². The highest BCUT2D eigenvalue weighted by Gasteiger charge is 2.27. The highest BCUT2D eigenvalue weighted by atomic mass is 16.6. The summed E-state index contributed by atoms with van der Waals surface area (Å²) < 4.78 is 10.1. The lowest BCUT2D eigenvalue weighted by atomic mass is 10.0. The van der Waals surface area contributed by atoms with Crippen molar-refractivity contribution < 1.29 is 18.7 Å². The van der Waals surface area contributed by atoms with Crippen LogP contribution in [-0.4, -0.2) is 55.2 Å². The predicted molar refractivity (Wildman–Crippen MR) is 78.6 cm³/mol. The lowest BCUT2D eigenvalue weighted by molar-refractivity contribution is 0.0879. The van der Waals surface area contributed by atoms with E-state index in [-0.39, 0.29) is 24.1 Å². The number of rotatable bonds is 4. The number of ether oxygens (including phenoxy) is 1. The summed E-state index contributed by atoms with van der Waals surface area (Å²) in [4.78, 5) is 25.4. The third-order valence-electron chi connectivity index (χ3n) is 4.21. The Morgan fingerprint density at radius 1 is 1.45 bits per heavy atom. The molecule has 2 saturated heterocycles. The largest absolute Gasteiger partial charge is 0.459 e. The van der Waals surface area contributed by atoms with Gasteiger partial charge in [-0.25, -0.2) is 4.79 Å². The lowest BCUT2D eigenvalue weighted by Gasteiger charge is -2.33. The van der Waals surface area contributed by atoms with Crippen LogP contribution >= 0.6 is 0 Å². The van der Waals surface area contributed by atoms with Crippen molar-refractivity contribution in [1.29, 1.82) is 0 Å². The molecule has 0 radical (unpaired) electrons. The van der Waals surface area contributed by atoms with Gasteiger partial charge in [-0.15, -0.1) is 0 Å². The van der Waals surface area contributed by atoms with Gasteiger partial charge in [-0.05, 0) is 25.8 Å². The normalized spacial score (nSPS) is 23.1. The van der Waals surface area contributed by atoms with Crippen molar-refractivity contribution in [2.75, 3.05) is 26.2 Å².